The fourth-order valence-corrected chi connectivity index (χ4v) is 2.66. The van der Waals surface area contributed by atoms with Crippen LogP contribution in [-0.2, 0) is 25.3 Å². The number of amides is 1. The van der Waals surface area contributed by atoms with E-state index in [1.807, 2.05) is 13.8 Å². The van der Waals surface area contributed by atoms with Crippen LogP contribution in [0.1, 0.15) is 38.4 Å². The van der Waals surface area contributed by atoms with Gasteiger partial charge in [-0.25, -0.2) is 0 Å². The van der Waals surface area contributed by atoms with Crippen molar-refractivity contribution in [3.05, 3.63) is 28.5 Å². The summed E-state index contributed by atoms with van der Waals surface area (Å²) in [6.45, 7) is 5.43. The lowest BCUT2D eigenvalue weighted by Gasteiger charge is -2.41. The molecule has 5 nitrogen and oxygen atoms in total. The van der Waals surface area contributed by atoms with Crippen LogP contribution in [0, 0.1) is 0 Å². The zero-order chi connectivity index (χ0) is 15.1. The number of hydrogen-bond acceptors (Lipinski definition) is 4. The summed E-state index contributed by atoms with van der Waals surface area (Å²) in [6, 6.07) is 1.70. The number of rotatable bonds is 2. The molecule has 108 valence electrons. The first kappa shape index (κ1) is 14.8. The Labute approximate surface area is 122 Å². The van der Waals surface area contributed by atoms with Crippen LogP contribution in [0.4, 0.5) is 0 Å². The van der Waals surface area contributed by atoms with Crippen molar-refractivity contribution in [3.63, 3.8) is 0 Å². The molecule has 1 aromatic rings. The lowest BCUT2D eigenvalue weighted by atomic mass is 9.71. The number of ether oxygens (including phenoxy) is 1. The van der Waals surface area contributed by atoms with Gasteiger partial charge in [0, 0.05) is 6.20 Å². The molecule has 0 saturated carbocycles. The molecule has 1 aliphatic rings. The molecule has 2 heterocycles. The van der Waals surface area contributed by atoms with E-state index in [1.54, 1.807) is 13.0 Å². The van der Waals surface area contributed by atoms with Crippen molar-refractivity contribution < 1.29 is 14.3 Å². The summed E-state index contributed by atoms with van der Waals surface area (Å²) in [4.78, 5) is 28.4. The maximum atomic E-state index is 12.5. The van der Waals surface area contributed by atoms with Crippen LogP contribution in [0.2, 0.25) is 5.02 Å². The fraction of sp³-hybridized carbons (Fsp3) is 0.500. The molecule has 0 spiro atoms. The second-order valence-corrected chi connectivity index (χ2v) is 6.15. The summed E-state index contributed by atoms with van der Waals surface area (Å²) in [5.41, 5.74) is -0.250. The minimum Gasteiger partial charge on any atom is -0.469 e. The number of esters is 1. The number of hydrogen-bond donors (Lipinski definition) is 1. The molecule has 0 aliphatic carbocycles. The van der Waals surface area contributed by atoms with Crippen molar-refractivity contribution >= 4 is 23.5 Å². The summed E-state index contributed by atoms with van der Waals surface area (Å²) < 4.78 is 4.69. The first-order chi connectivity index (χ1) is 9.20. The van der Waals surface area contributed by atoms with Crippen LogP contribution < -0.4 is 5.32 Å². The predicted molar refractivity (Wildman–Crippen MR) is 74.4 cm³/mol. The van der Waals surface area contributed by atoms with E-state index in [0.29, 0.717) is 16.3 Å². The summed E-state index contributed by atoms with van der Waals surface area (Å²) in [6.07, 6.45) is 1.48. The molecular formula is C14H17ClN2O3. The lowest BCUT2D eigenvalue weighted by Crippen LogP contribution is -2.56. The lowest BCUT2D eigenvalue weighted by molar-refractivity contribution is -0.145. The number of nitrogens with zero attached hydrogens (tertiary/aromatic N) is 1. The van der Waals surface area contributed by atoms with E-state index in [4.69, 9.17) is 16.3 Å². The Morgan fingerprint density at radius 1 is 1.45 bits per heavy atom. The Hall–Kier alpha value is -1.62. The third-order valence-corrected chi connectivity index (χ3v) is 3.90. The van der Waals surface area contributed by atoms with Crippen molar-refractivity contribution in [2.45, 2.75) is 38.1 Å². The quantitative estimate of drug-likeness (QED) is 0.847. The maximum Gasteiger partial charge on any atom is 0.306 e. The molecule has 1 unspecified atom stereocenters. The van der Waals surface area contributed by atoms with Crippen LogP contribution in [-0.4, -0.2) is 24.0 Å². The number of halogens is 1. The number of aromatic nitrogens is 1. The van der Waals surface area contributed by atoms with E-state index in [2.05, 4.69) is 10.3 Å². The van der Waals surface area contributed by atoms with E-state index in [-0.39, 0.29) is 12.3 Å². The van der Waals surface area contributed by atoms with Crippen LogP contribution in [0.3, 0.4) is 0 Å². The Balaban J connectivity index is 2.62. The molecule has 0 fully saturated rings. The normalized spacial score (nSPS) is 23.8. The van der Waals surface area contributed by atoms with Gasteiger partial charge in [0.05, 0.1) is 35.2 Å². The number of fused-ring (bicyclic) bond motifs is 1. The molecular weight excluding hydrogens is 280 g/mol. The highest BCUT2D eigenvalue weighted by Gasteiger charge is 2.48. The number of pyridine rings is 1. The Bertz CT molecular complexity index is 586. The highest BCUT2D eigenvalue weighted by molar-refractivity contribution is 6.30. The van der Waals surface area contributed by atoms with Gasteiger partial charge in [-0.15, -0.1) is 0 Å². The van der Waals surface area contributed by atoms with E-state index < -0.39 is 16.9 Å². The summed E-state index contributed by atoms with van der Waals surface area (Å²) in [5.74, 6) is -0.683. The van der Waals surface area contributed by atoms with Crippen LogP contribution in [0.25, 0.3) is 0 Å². The molecule has 1 N–H and O–H groups in total. The van der Waals surface area contributed by atoms with Crippen molar-refractivity contribution in [1.29, 1.82) is 0 Å². The van der Waals surface area contributed by atoms with Gasteiger partial charge in [-0.2, -0.15) is 0 Å². The average molecular weight is 297 g/mol. The fourth-order valence-electron chi connectivity index (χ4n) is 2.50. The Morgan fingerprint density at radius 2 is 2.10 bits per heavy atom. The monoisotopic (exact) mass is 296 g/mol. The van der Waals surface area contributed by atoms with Gasteiger partial charge in [0.25, 0.3) is 0 Å². The van der Waals surface area contributed by atoms with E-state index in [9.17, 15) is 9.59 Å². The summed E-state index contributed by atoms with van der Waals surface area (Å²) in [7, 11) is 1.30. The SMILES string of the molecule is COC(=O)CC1(C)C(=O)NC(C)(C)c2ncc(Cl)cc21. The minimum atomic E-state index is -1.03. The second kappa shape index (κ2) is 4.74. The van der Waals surface area contributed by atoms with Gasteiger partial charge >= 0.3 is 5.97 Å². The third kappa shape index (κ3) is 2.26. The Kier molecular flexibility index (Phi) is 3.50. The molecule has 0 bridgehead atoms. The highest BCUT2D eigenvalue weighted by atomic mass is 35.5. The van der Waals surface area contributed by atoms with Gasteiger partial charge in [-0.05, 0) is 32.4 Å². The summed E-state index contributed by atoms with van der Waals surface area (Å²) >= 11 is 6.00. The molecule has 1 aromatic heterocycles. The van der Waals surface area contributed by atoms with Gasteiger partial charge in [-0.3, -0.25) is 14.6 Å². The van der Waals surface area contributed by atoms with Gasteiger partial charge in [0.15, 0.2) is 0 Å². The number of methoxy groups -OCH3 is 1. The molecule has 1 atom stereocenters. The maximum absolute atomic E-state index is 12.5. The van der Waals surface area contributed by atoms with Crippen LogP contribution >= 0.6 is 11.6 Å². The van der Waals surface area contributed by atoms with Crippen molar-refractivity contribution in [3.8, 4) is 0 Å². The van der Waals surface area contributed by atoms with Gasteiger partial charge in [0.1, 0.15) is 0 Å². The zero-order valence-electron chi connectivity index (χ0n) is 11.9. The molecule has 2 rings (SSSR count). The molecule has 1 amide bonds. The van der Waals surface area contributed by atoms with E-state index in [1.165, 1.54) is 13.3 Å². The van der Waals surface area contributed by atoms with Crippen molar-refractivity contribution in [2.75, 3.05) is 7.11 Å². The zero-order valence-corrected chi connectivity index (χ0v) is 12.7. The first-order valence-corrected chi connectivity index (χ1v) is 6.64. The third-order valence-electron chi connectivity index (χ3n) is 3.69. The van der Waals surface area contributed by atoms with Crippen LogP contribution in [0.5, 0.6) is 0 Å². The molecule has 0 radical (unpaired) electrons. The second-order valence-electron chi connectivity index (χ2n) is 5.71. The molecule has 0 aromatic carbocycles. The standard InChI is InChI=1S/C14H17ClN2O3/c1-13(2)11-9(5-8(15)7-16-11)14(3,12(19)17-13)6-10(18)20-4/h5,7H,6H2,1-4H3,(H,17,19). The predicted octanol–water partition coefficient (Wildman–Crippen LogP) is 1.92. The Morgan fingerprint density at radius 3 is 2.70 bits per heavy atom. The molecule has 6 heteroatoms. The van der Waals surface area contributed by atoms with E-state index in [0.717, 1.165) is 0 Å². The number of carbonyl (C=O) groups is 2. The summed E-state index contributed by atoms with van der Waals surface area (Å²) in [5, 5.41) is 3.33. The first-order valence-electron chi connectivity index (χ1n) is 6.26. The largest absolute Gasteiger partial charge is 0.469 e. The van der Waals surface area contributed by atoms with Gasteiger partial charge < -0.3 is 10.1 Å². The van der Waals surface area contributed by atoms with Crippen molar-refractivity contribution in [2.24, 2.45) is 0 Å². The average Bonchev–Trinajstić information content (AvgIpc) is 2.36. The smallest absolute Gasteiger partial charge is 0.306 e. The molecule has 20 heavy (non-hydrogen) atoms. The van der Waals surface area contributed by atoms with Gasteiger partial charge in [-0.1, -0.05) is 11.6 Å². The van der Waals surface area contributed by atoms with Crippen LogP contribution in [0.15, 0.2) is 12.3 Å². The number of nitrogens with one attached hydrogen (secondary N) is 1. The minimum absolute atomic E-state index is 0.0551. The topological polar surface area (TPSA) is 68.3 Å². The number of carbonyl (C=O) groups excluding carboxylic acids is 2. The van der Waals surface area contributed by atoms with E-state index >= 15 is 0 Å². The molecule has 1 aliphatic heterocycles. The van der Waals surface area contributed by atoms with Gasteiger partial charge in [0.2, 0.25) is 5.91 Å². The molecule has 0 saturated heterocycles. The highest BCUT2D eigenvalue weighted by Crippen LogP contribution is 2.40. The van der Waals surface area contributed by atoms with Crippen molar-refractivity contribution in [1.82, 2.24) is 10.3 Å².